The van der Waals surface area contributed by atoms with E-state index in [1.165, 1.54) is 39.5 Å². The summed E-state index contributed by atoms with van der Waals surface area (Å²) in [5.41, 5.74) is 0.180. The molecule has 9 heteroatoms. The Kier molecular flexibility index (Phi) is 5.08. The molecule has 1 amide bonds. The third-order valence-corrected chi connectivity index (χ3v) is 4.68. The third kappa shape index (κ3) is 3.46. The molecule has 2 heterocycles. The average Bonchev–Trinajstić information content (AvgIpc) is 3.23. The van der Waals surface area contributed by atoms with E-state index < -0.39 is 11.9 Å². The van der Waals surface area contributed by atoms with E-state index in [9.17, 15) is 14.4 Å². The van der Waals surface area contributed by atoms with Gasteiger partial charge in [-0.05, 0) is 12.1 Å². The molecular weight excluding hydrogens is 406 g/mol. The molecule has 0 saturated heterocycles. The lowest BCUT2D eigenvalue weighted by Crippen LogP contribution is -2.15. The van der Waals surface area contributed by atoms with E-state index in [0.29, 0.717) is 11.0 Å². The number of furan rings is 1. The normalized spacial score (nSPS) is 10.8. The molecule has 4 aromatic rings. The number of amides is 1. The monoisotopic (exact) mass is 423 g/mol. The van der Waals surface area contributed by atoms with Crippen LogP contribution in [-0.4, -0.2) is 33.2 Å². The molecule has 0 unspecified atom stereocenters. The smallest absolute Gasteiger partial charge is 0.340 e. The largest absolute Gasteiger partial charge is 0.493 e. The fourth-order valence-corrected chi connectivity index (χ4v) is 3.15. The summed E-state index contributed by atoms with van der Waals surface area (Å²) in [5, 5.41) is 3.08. The number of hydrogen-bond donors (Lipinski definition) is 1. The zero-order chi connectivity index (χ0) is 22.1. The first-order chi connectivity index (χ1) is 15.0. The quantitative estimate of drug-likeness (QED) is 0.484. The summed E-state index contributed by atoms with van der Waals surface area (Å²) < 4.78 is 26.3. The fourth-order valence-electron chi connectivity index (χ4n) is 3.15. The molecule has 0 aliphatic heterocycles. The van der Waals surface area contributed by atoms with Crippen molar-refractivity contribution < 1.29 is 32.6 Å². The first kappa shape index (κ1) is 20.0. The molecule has 0 aliphatic carbocycles. The lowest BCUT2D eigenvalue weighted by atomic mass is 10.1. The zero-order valence-corrected chi connectivity index (χ0v) is 16.8. The molecule has 0 fully saturated rings. The highest BCUT2D eigenvalue weighted by atomic mass is 16.5. The van der Waals surface area contributed by atoms with Gasteiger partial charge in [-0.2, -0.15) is 0 Å². The van der Waals surface area contributed by atoms with Crippen molar-refractivity contribution in [3.63, 3.8) is 0 Å². The van der Waals surface area contributed by atoms with Gasteiger partial charge in [0.2, 0.25) is 5.43 Å². The summed E-state index contributed by atoms with van der Waals surface area (Å²) in [7, 11) is 4.05. The van der Waals surface area contributed by atoms with Gasteiger partial charge in [0.05, 0.1) is 38.0 Å². The molecule has 0 bridgehead atoms. The number of carbonyl (C=O) groups is 2. The van der Waals surface area contributed by atoms with Crippen molar-refractivity contribution in [2.75, 3.05) is 26.6 Å². The van der Waals surface area contributed by atoms with Gasteiger partial charge in [0.1, 0.15) is 11.0 Å². The molecule has 4 rings (SSSR count). The van der Waals surface area contributed by atoms with Crippen molar-refractivity contribution in [2.45, 2.75) is 0 Å². The Bertz CT molecular complexity index is 1380. The van der Waals surface area contributed by atoms with Crippen molar-refractivity contribution in [2.24, 2.45) is 0 Å². The number of rotatable bonds is 5. The molecule has 0 saturated carbocycles. The number of nitrogens with one attached hydrogen (secondary N) is 1. The van der Waals surface area contributed by atoms with E-state index >= 15 is 0 Å². The predicted molar refractivity (Wildman–Crippen MR) is 111 cm³/mol. The lowest BCUT2D eigenvalue weighted by Gasteiger charge is -2.14. The van der Waals surface area contributed by atoms with Gasteiger partial charge in [0.15, 0.2) is 17.3 Å². The maximum absolute atomic E-state index is 12.8. The molecule has 31 heavy (non-hydrogen) atoms. The van der Waals surface area contributed by atoms with Crippen LogP contribution in [0.4, 0.5) is 5.69 Å². The topological polar surface area (TPSA) is 117 Å². The van der Waals surface area contributed by atoms with Crippen molar-refractivity contribution in [3.05, 3.63) is 64.0 Å². The molecule has 158 valence electrons. The molecule has 0 radical (unpaired) electrons. The van der Waals surface area contributed by atoms with Crippen LogP contribution in [0.1, 0.15) is 20.9 Å². The number of para-hydroxylation sites is 1. The van der Waals surface area contributed by atoms with Crippen molar-refractivity contribution >= 4 is 39.7 Å². The second kappa shape index (κ2) is 7.86. The predicted octanol–water partition coefficient (Wildman–Crippen LogP) is 3.60. The second-order valence-corrected chi connectivity index (χ2v) is 6.44. The summed E-state index contributed by atoms with van der Waals surface area (Å²) in [6, 6.07) is 10.8. The van der Waals surface area contributed by atoms with Gasteiger partial charge in [0.25, 0.3) is 5.91 Å². The third-order valence-electron chi connectivity index (χ3n) is 4.68. The Morgan fingerprint density at radius 2 is 1.61 bits per heavy atom. The number of carbonyl (C=O) groups excluding carboxylic acids is 2. The molecule has 0 aliphatic rings. The highest BCUT2D eigenvalue weighted by Gasteiger charge is 2.22. The summed E-state index contributed by atoms with van der Waals surface area (Å²) in [6.45, 7) is 0. The van der Waals surface area contributed by atoms with Crippen LogP contribution < -0.4 is 20.2 Å². The van der Waals surface area contributed by atoms with Crippen LogP contribution in [-0.2, 0) is 4.74 Å². The van der Waals surface area contributed by atoms with Crippen LogP contribution in [0, 0.1) is 0 Å². The highest BCUT2D eigenvalue weighted by Crippen LogP contribution is 2.34. The van der Waals surface area contributed by atoms with E-state index in [2.05, 4.69) is 5.32 Å². The van der Waals surface area contributed by atoms with E-state index in [4.69, 9.17) is 23.0 Å². The average molecular weight is 423 g/mol. The minimum absolute atomic E-state index is 0.0459. The summed E-state index contributed by atoms with van der Waals surface area (Å²) in [4.78, 5) is 37.7. The number of benzene rings is 2. The van der Waals surface area contributed by atoms with Gasteiger partial charge in [-0.1, -0.05) is 12.1 Å². The van der Waals surface area contributed by atoms with E-state index in [1.807, 2.05) is 0 Å². The minimum Gasteiger partial charge on any atom is -0.493 e. The minimum atomic E-state index is -0.702. The number of esters is 1. The fraction of sp³-hybridized carbons (Fsp3) is 0.136. The summed E-state index contributed by atoms with van der Waals surface area (Å²) in [5.74, 6) is -1.06. The zero-order valence-electron chi connectivity index (χ0n) is 16.8. The summed E-state index contributed by atoms with van der Waals surface area (Å²) >= 11 is 0. The van der Waals surface area contributed by atoms with Crippen LogP contribution in [0.25, 0.3) is 22.1 Å². The highest BCUT2D eigenvalue weighted by molar-refractivity contribution is 6.08. The Morgan fingerprint density at radius 1 is 0.903 bits per heavy atom. The summed E-state index contributed by atoms with van der Waals surface area (Å²) in [6.07, 6.45) is 0. The van der Waals surface area contributed by atoms with Gasteiger partial charge in [0, 0.05) is 18.2 Å². The van der Waals surface area contributed by atoms with E-state index in [0.717, 1.165) is 0 Å². The Labute approximate surface area is 175 Å². The Morgan fingerprint density at radius 3 is 2.32 bits per heavy atom. The number of ether oxygens (including phenoxy) is 3. The van der Waals surface area contributed by atoms with Crippen molar-refractivity contribution in [1.29, 1.82) is 0 Å². The van der Waals surface area contributed by atoms with Crippen LogP contribution in [0.5, 0.6) is 11.5 Å². The van der Waals surface area contributed by atoms with Crippen LogP contribution >= 0.6 is 0 Å². The van der Waals surface area contributed by atoms with Gasteiger partial charge >= 0.3 is 11.7 Å². The molecule has 2 aromatic heterocycles. The molecule has 1 N–H and O–H groups in total. The maximum atomic E-state index is 12.8. The Balaban J connectivity index is 1.76. The van der Waals surface area contributed by atoms with Crippen molar-refractivity contribution in [1.82, 2.24) is 0 Å². The molecule has 2 aromatic carbocycles. The first-order valence-corrected chi connectivity index (χ1v) is 9.08. The molecule has 0 spiro atoms. The van der Waals surface area contributed by atoms with Crippen LogP contribution in [0.15, 0.2) is 56.1 Å². The van der Waals surface area contributed by atoms with Gasteiger partial charge in [-0.25, -0.2) is 4.79 Å². The van der Waals surface area contributed by atoms with E-state index in [-0.39, 0.29) is 45.1 Å². The standard InChI is InChI=1S/C22H17NO8/c1-27-16-8-12(21(26)29-3)14(10-17(16)28-2)23-20(25)18-9-13-19(24)11-6-4-5-7-15(11)30-22(13)31-18/h4-10H,1-3H3,(H,23,25). The number of fused-ring (bicyclic) bond motifs is 2. The lowest BCUT2D eigenvalue weighted by molar-refractivity contribution is 0.0601. The van der Waals surface area contributed by atoms with Crippen LogP contribution in [0.2, 0.25) is 0 Å². The molecular formula is C22H17NO8. The Hall–Kier alpha value is -4.27. The molecule has 0 atom stereocenters. The SMILES string of the molecule is COC(=O)c1cc(OC)c(OC)cc1NC(=O)c1cc2c(=O)c3ccccc3oc2o1. The van der Waals surface area contributed by atoms with Gasteiger partial charge in [-0.3, -0.25) is 9.59 Å². The first-order valence-electron chi connectivity index (χ1n) is 9.08. The number of anilines is 1. The maximum Gasteiger partial charge on any atom is 0.340 e. The number of hydrogen-bond acceptors (Lipinski definition) is 8. The van der Waals surface area contributed by atoms with Crippen molar-refractivity contribution in [3.8, 4) is 11.5 Å². The molecule has 9 nitrogen and oxygen atoms in total. The van der Waals surface area contributed by atoms with Crippen LogP contribution in [0.3, 0.4) is 0 Å². The van der Waals surface area contributed by atoms with Gasteiger partial charge < -0.3 is 28.4 Å². The van der Waals surface area contributed by atoms with E-state index in [1.54, 1.807) is 24.3 Å². The van der Waals surface area contributed by atoms with Gasteiger partial charge in [-0.15, -0.1) is 0 Å². The second-order valence-electron chi connectivity index (χ2n) is 6.44. The number of methoxy groups -OCH3 is 3.